The van der Waals surface area contributed by atoms with Crippen molar-refractivity contribution < 1.29 is 9.84 Å². The van der Waals surface area contributed by atoms with Gasteiger partial charge in [-0.15, -0.1) is 24.0 Å². The molecule has 1 aliphatic heterocycles. The molecule has 1 heterocycles. The molecule has 0 aliphatic carbocycles. The first-order chi connectivity index (χ1) is 14.7. The minimum absolute atomic E-state index is 0. The van der Waals surface area contributed by atoms with E-state index in [-0.39, 0.29) is 41.9 Å². The number of aliphatic hydroxyl groups is 1. The average molecular weight is 558 g/mol. The number of hydrogen-bond acceptors (Lipinski definition) is 3. The van der Waals surface area contributed by atoms with Crippen LogP contribution in [0.2, 0.25) is 5.02 Å². The lowest BCUT2D eigenvalue weighted by atomic mass is 9.74. The Morgan fingerprint density at radius 2 is 1.77 bits per heavy atom. The Kier molecular flexibility index (Phi) is 11.1. The topological polar surface area (TPSA) is 65.9 Å². The van der Waals surface area contributed by atoms with Crippen LogP contribution in [0.3, 0.4) is 0 Å². The second-order valence-electron chi connectivity index (χ2n) is 7.74. The summed E-state index contributed by atoms with van der Waals surface area (Å²) in [5.74, 6) is 0.764. The maximum absolute atomic E-state index is 9.85. The average Bonchev–Trinajstić information content (AvgIpc) is 2.79. The third-order valence-corrected chi connectivity index (χ3v) is 6.12. The van der Waals surface area contributed by atoms with E-state index in [9.17, 15) is 5.11 Å². The fraction of sp³-hybridized carbons (Fsp3) is 0.458. The molecule has 2 aromatic rings. The smallest absolute Gasteiger partial charge is 0.191 e. The zero-order valence-corrected chi connectivity index (χ0v) is 21.1. The molecule has 31 heavy (non-hydrogen) atoms. The molecule has 0 aromatic heterocycles. The number of nitrogens with one attached hydrogen (secondary N) is 2. The van der Waals surface area contributed by atoms with Gasteiger partial charge < -0.3 is 20.5 Å². The van der Waals surface area contributed by atoms with Crippen LogP contribution in [-0.2, 0) is 10.2 Å². The van der Waals surface area contributed by atoms with Gasteiger partial charge in [0.1, 0.15) is 0 Å². The highest BCUT2D eigenvalue weighted by Gasteiger charge is 2.36. The predicted molar refractivity (Wildman–Crippen MR) is 139 cm³/mol. The van der Waals surface area contributed by atoms with Crippen molar-refractivity contribution in [2.75, 3.05) is 39.5 Å². The Balaban J connectivity index is 0.00000341. The van der Waals surface area contributed by atoms with Crippen molar-refractivity contribution in [3.8, 4) is 0 Å². The molecule has 1 saturated heterocycles. The van der Waals surface area contributed by atoms with Crippen molar-refractivity contribution in [3.63, 3.8) is 0 Å². The van der Waals surface area contributed by atoms with Gasteiger partial charge in [0.05, 0.1) is 13.2 Å². The summed E-state index contributed by atoms with van der Waals surface area (Å²) in [6, 6.07) is 18.1. The van der Waals surface area contributed by atoms with Crippen LogP contribution < -0.4 is 10.6 Å². The first kappa shape index (κ1) is 25.9. The largest absolute Gasteiger partial charge is 0.396 e. The zero-order valence-electron chi connectivity index (χ0n) is 18.0. The molecule has 3 N–H and O–H groups in total. The second-order valence-corrected chi connectivity index (χ2v) is 8.15. The highest BCUT2D eigenvalue weighted by Crippen LogP contribution is 2.38. The van der Waals surface area contributed by atoms with E-state index in [1.54, 1.807) is 0 Å². The lowest BCUT2D eigenvalue weighted by molar-refractivity contribution is 0.0531. The third kappa shape index (κ3) is 7.07. The van der Waals surface area contributed by atoms with Crippen molar-refractivity contribution in [1.29, 1.82) is 0 Å². The molecule has 0 saturated carbocycles. The van der Waals surface area contributed by atoms with Crippen LogP contribution in [0.25, 0.3) is 0 Å². The van der Waals surface area contributed by atoms with E-state index in [0.717, 1.165) is 41.5 Å². The number of ether oxygens (including phenoxy) is 1. The van der Waals surface area contributed by atoms with Crippen molar-refractivity contribution >= 4 is 41.5 Å². The minimum atomic E-state index is -0.130. The van der Waals surface area contributed by atoms with Gasteiger partial charge in [0.15, 0.2) is 5.96 Å². The van der Waals surface area contributed by atoms with Gasteiger partial charge in [0.25, 0.3) is 0 Å². The Labute approximate surface area is 207 Å². The predicted octanol–water partition coefficient (Wildman–Crippen LogP) is 4.34. The normalized spacial score (nSPS) is 16.8. The van der Waals surface area contributed by atoms with Gasteiger partial charge in [-0.2, -0.15) is 0 Å². The number of benzene rings is 2. The molecule has 0 amide bonds. The van der Waals surface area contributed by atoms with E-state index >= 15 is 0 Å². The first-order valence-electron chi connectivity index (χ1n) is 10.7. The highest BCUT2D eigenvalue weighted by atomic mass is 127. The lowest BCUT2D eigenvalue weighted by Gasteiger charge is -2.37. The standard InChI is InChI=1S/C24H32ClN3O2.HI/c1-2-26-23(27-16-20(17-29)19-8-4-3-5-9-19)28-18-24(12-14-30-15-13-24)21-10-6-7-11-22(21)25;/h3-11,20,29H,2,12-18H2,1H3,(H2,26,27,28);1H. The number of halogens is 2. The van der Waals surface area contributed by atoms with Crippen LogP contribution in [-0.4, -0.2) is 50.5 Å². The van der Waals surface area contributed by atoms with Crippen molar-refractivity contribution in [2.45, 2.75) is 31.1 Å². The van der Waals surface area contributed by atoms with E-state index in [2.05, 4.69) is 23.6 Å². The number of nitrogens with zero attached hydrogens (tertiary/aromatic N) is 1. The summed E-state index contributed by atoms with van der Waals surface area (Å²) in [5, 5.41) is 17.4. The number of aliphatic imine (C=N–C) groups is 1. The van der Waals surface area contributed by atoms with E-state index in [1.165, 1.54) is 0 Å². The molecule has 1 aliphatic rings. The Bertz CT molecular complexity index is 813. The molecule has 2 aromatic carbocycles. The molecule has 5 nitrogen and oxygen atoms in total. The molecule has 170 valence electrons. The number of guanidine groups is 1. The van der Waals surface area contributed by atoms with Gasteiger partial charge >= 0.3 is 0 Å². The number of rotatable bonds is 8. The molecular formula is C24H33ClIN3O2. The van der Waals surface area contributed by atoms with E-state index in [0.29, 0.717) is 26.3 Å². The van der Waals surface area contributed by atoms with E-state index < -0.39 is 0 Å². The summed E-state index contributed by atoms with van der Waals surface area (Å²) in [6.07, 6.45) is 1.78. The summed E-state index contributed by atoms with van der Waals surface area (Å²) in [6.45, 7) is 5.56. The molecule has 0 radical (unpaired) electrons. The quantitative estimate of drug-likeness (QED) is 0.257. The van der Waals surface area contributed by atoms with Crippen molar-refractivity contribution in [1.82, 2.24) is 10.6 Å². The summed E-state index contributed by atoms with van der Waals surface area (Å²) in [5.41, 5.74) is 2.13. The lowest BCUT2D eigenvalue weighted by Crippen LogP contribution is -2.42. The maximum Gasteiger partial charge on any atom is 0.191 e. The van der Waals surface area contributed by atoms with E-state index in [4.69, 9.17) is 21.3 Å². The molecule has 0 bridgehead atoms. The monoisotopic (exact) mass is 557 g/mol. The summed E-state index contributed by atoms with van der Waals surface area (Å²) in [7, 11) is 0. The van der Waals surface area contributed by atoms with Gasteiger partial charge in [-0.05, 0) is 37.0 Å². The van der Waals surface area contributed by atoms with Crippen molar-refractivity contribution in [3.05, 3.63) is 70.7 Å². The number of aliphatic hydroxyl groups excluding tert-OH is 1. The van der Waals surface area contributed by atoms with Gasteiger partial charge in [0, 0.05) is 42.7 Å². The first-order valence-corrected chi connectivity index (χ1v) is 11.1. The molecule has 3 rings (SSSR count). The number of hydrogen-bond donors (Lipinski definition) is 3. The summed E-state index contributed by atoms with van der Waals surface area (Å²) < 4.78 is 5.63. The van der Waals surface area contributed by atoms with Gasteiger partial charge in [-0.25, -0.2) is 0 Å². The highest BCUT2D eigenvalue weighted by molar-refractivity contribution is 14.0. The van der Waals surface area contributed by atoms with Gasteiger partial charge in [-0.3, -0.25) is 4.99 Å². The van der Waals surface area contributed by atoms with Gasteiger partial charge in [0.2, 0.25) is 0 Å². The van der Waals surface area contributed by atoms with E-state index in [1.807, 2.05) is 48.5 Å². The zero-order chi connectivity index (χ0) is 21.2. The molecule has 1 fully saturated rings. The molecular weight excluding hydrogens is 525 g/mol. The molecule has 7 heteroatoms. The van der Waals surface area contributed by atoms with Crippen LogP contribution in [0.5, 0.6) is 0 Å². The Morgan fingerprint density at radius 3 is 2.42 bits per heavy atom. The fourth-order valence-electron chi connectivity index (χ4n) is 3.97. The van der Waals surface area contributed by atoms with Crippen LogP contribution in [0.15, 0.2) is 59.6 Å². The van der Waals surface area contributed by atoms with Gasteiger partial charge in [-0.1, -0.05) is 60.1 Å². The Morgan fingerprint density at radius 1 is 1.10 bits per heavy atom. The van der Waals surface area contributed by atoms with Crippen molar-refractivity contribution in [2.24, 2.45) is 4.99 Å². The molecule has 1 atom stereocenters. The maximum atomic E-state index is 9.85. The summed E-state index contributed by atoms with van der Waals surface area (Å²) in [4.78, 5) is 4.93. The molecule has 0 spiro atoms. The van der Waals surface area contributed by atoms with Crippen LogP contribution in [0.1, 0.15) is 36.8 Å². The summed E-state index contributed by atoms with van der Waals surface area (Å²) >= 11 is 6.56. The fourth-order valence-corrected chi connectivity index (χ4v) is 4.31. The molecule has 1 unspecified atom stereocenters. The van der Waals surface area contributed by atoms with Crippen LogP contribution in [0.4, 0.5) is 0 Å². The Hall–Kier alpha value is -1.35. The SMILES string of the molecule is CCNC(=NCC1(c2ccccc2Cl)CCOCC1)NCC(CO)c1ccccc1.I. The second kappa shape index (κ2) is 13.3. The van der Waals surface area contributed by atoms with Crippen LogP contribution >= 0.6 is 35.6 Å². The van der Waals surface area contributed by atoms with Crippen LogP contribution in [0, 0.1) is 0 Å². The third-order valence-electron chi connectivity index (χ3n) is 5.79. The minimum Gasteiger partial charge on any atom is -0.396 e.